The fraction of sp³-hybridized carbons (Fsp3) is 0.421. The molecule has 1 unspecified atom stereocenters. The molecular weight excluding hydrogens is 384 g/mol. The molecule has 0 spiro atoms. The number of methoxy groups -OCH3 is 3. The average Bonchev–Trinajstić information content (AvgIpc) is 2.70. The second kappa shape index (κ2) is 9.67. The number of esters is 2. The minimum atomic E-state index is -0.708. The third-order valence-electron chi connectivity index (χ3n) is 4.11. The minimum absolute atomic E-state index is 0.145. The molecular formula is C19H24N2O8. The minimum Gasteiger partial charge on any atom is -0.493 e. The topological polar surface area (TPSA) is 121 Å². The van der Waals surface area contributed by atoms with Crippen molar-refractivity contribution in [2.75, 3.05) is 34.5 Å². The van der Waals surface area contributed by atoms with Crippen LogP contribution in [0.5, 0.6) is 17.2 Å². The van der Waals surface area contributed by atoms with E-state index in [1.54, 1.807) is 13.8 Å². The average molecular weight is 408 g/mol. The molecule has 0 saturated carbocycles. The lowest BCUT2D eigenvalue weighted by Crippen LogP contribution is -2.50. The summed E-state index contributed by atoms with van der Waals surface area (Å²) < 4.78 is 26.0. The Morgan fingerprint density at radius 3 is 2.14 bits per heavy atom. The summed E-state index contributed by atoms with van der Waals surface area (Å²) in [6, 6.07) is 1.77. The Kier molecular flexibility index (Phi) is 7.29. The van der Waals surface area contributed by atoms with Crippen LogP contribution in [0, 0.1) is 0 Å². The molecule has 0 aliphatic carbocycles. The second-order valence-corrected chi connectivity index (χ2v) is 5.92. The van der Waals surface area contributed by atoms with Crippen LogP contribution in [0.15, 0.2) is 23.4 Å². The molecule has 1 aliphatic heterocycles. The van der Waals surface area contributed by atoms with Crippen LogP contribution in [0.1, 0.15) is 24.2 Å². The standard InChI is InChI=1S/C19H24N2O8/c1-6-28-18(23)15-10(2)20-19(24)21-12(15)9-29-17(22)11-7-13(25-3)16(27-5)14(8-11)26-4/h7-8,10H,6,9H2,1-5H3,(H2,20,21,24). The van der Waals surface area contributed by atoms with E-state index in [9.17, 15) is 14.4 Å². The number of carbonyl (C=O) groups is 3. The van der Waals surface area contributed by atoms with Gasteiger partial charge in [0, 0.05) is 0 Å². The van der Waals surface area contributed by atoms with Crippen LogP contribution in [0.25, 0.3) is 0 Å². The lowest BCUT2D eigenvalue weighted by Gasteiger charge is -2.26. The van der Waals surface area contributed by atoms with Gasteiger partial charge in [0.15, 0.2) is 11.5 Å². The first-order valence-electron chi connectivity index (χ1n) is 8.81. The molecule has 2 rings (SSSR count). The number of rotatable bonds is 8. The predicted octanol–water partition coefficient (Wildman–Crippen LogP) is 1.39. The molecule has 0 aromatic heterocycles. The van der Waals surface area contributed by atoms with Gasteiger partial charge in [0.25, 0.3) is 0 Å². The number of amides is 2. The number of nitrogens with one attached hydrogen (secondary N) is 2. The Balaban J connectivity index is 2.27. The van der Waals surface area contributed by atoms with Crippen LogP contribution >= 0.6 is 0 Å². The Hall–Kier alpha value is -3.43. The molecule has 29 heavy (non-hydrogen) atoms. The summed E-state index contributed by atoms with van der Waals surface area (Å²) in [4.78, 5) is 36.5. The molecule has 1 heterocycles. The number of carbonyl (C=O) groups excluding carboxylic acids is 3. The van der Waals surface area contributed by atoms with Gasteiger partial charge in [-0.1, -0.05) is 0 Å². The van der Waals surface area contributed by atoms with Crippen LogP contribution in [0.3, 0.4) is 0 Å². The third-order valence-corrected chi connectivity index (χ3v) is 4.11. The smallest absolute Gasteiger partial charge is 0.338 e. The number of hydrogen-bond donors (Lipinski definition) is 2. The van der Waals surface area contributed by atoms with E-state index in [4.69, 9.17) is 23.7 Å². The molecule has 10 nitrogen and oxygen atoms in total. The van der Waals surface area contributed by atoms with E-state index in [0.717, 1.165) is 0 Å². The van der Waals surface area contributed by atoms with Crippen LogP contribution in [-0.4, -0.2) is 58.6 Å². The van der Waals surface area contributed by atoms with E-state index in [1.165, 1.54) is 33.5 Å². The highest BCUT2D eigenvalue weighted by Gasteiger charge is 2.30. The van der Waals surface area contributed by atoms with E-state index < -0.39 is 24.0 Å². The zero-order chi connectivity index (χ0) is 21.6. The number of hydrogen-bond acceptors (Lipinski definition) is 8. The first kappa shape index (κ1) is 21.9. The normalized spacial score (nSPS) is 15.8. The van der Waals surface area contributed by atoms with Crippen molar-refractivity contribution < 1.29 is 38.1 Å². The van der Waals surface area contributed by atoms with E-state index in [-0.39, 0.29) is 41.5 Å². The molecule has 0 radical (unpaired) electrons. The van der Waals surface area contributed by atoms with Gasteiger partial charge in [-0.3, -0.25) is 0 Å². The van der Waals surface area contributed by atoms with E-state index in [0.29, 0.717) is 5.75 Å². The third kappa shape index (κ3) is 4.89. The van der Waals surface area contributed by atoms with Crippen molar-refractivity contribution in [2.24, 2.45) is 0 Å². The second-order valence-electron chi connectivity index (χ2n) is 5.92. The lowest BCUT2D eigenvalue weighted by molar-refractivity contribution is -0.139. The van der Waals surface area contributed by atoms with Crippen LogP contribution in [0.2, 0.25) is 0 Å². The molecule has 1 aromatic rings. The van der Waals surface area contributed by atoms with Crippen molar-refractivity contribution in [1.29, 1.82) is 0 Å². The van der Waals surface area contributed by atoms with Crippen LogP contribution in [-0.2, 0) is 14.3 Å². The Morgan fingerprint density at radius 2 is 1.62 bits per heavy atom. The van der Waals surface area contributed by atoms with E-state index >= 15 is 0 Å². The van der Waals surface area contributed by atoms with Gasteiger partial charge in [0.2, 0.25) is 5.75 Å². The molecule has 10 heteroatoms. The van der Waals surface area contributed by atoms with Gasteiger partial charge < -0.3 is 34.3 Å². The summed E-state index contributed by atoms with van der Waals surface area (Å²) in [6.07, 6.45) is 0. The van der Waals surface area contributed by atoms with Gasteiger partial charge in [-0.15, -0.1) is 0 Å². The zero-order valence-electron chi connectivity index (χ0n) is 16.9. The summed E-state index contributed by atoms with van der Waals surface area (Å²) in [7, 11) is 4.30. The Bertz CT molecular complexity index is 808. The molecule has 1 atom stereocenters. The summed E-state index contributed by atoms with van der Waals surface area (Å²) in [6.45, 7) is 3.14. The van der Waals surface area contributed by atoms with Crippen molar-refractivity contribution >= 4 is 18.0 Å². The Labute approximate surface area is 168 Å². The zero-order valence-corrected chi connectivity index (χ0v) is 16.9. The number of urea groups is 1. The highest BCUT2D eigenvalue weighted by atomic mass is 16.5. The summed E-state index contributed by atoms with van der Waals surface area (Å²) >= 11 is 0. The molecule has 2 N–H and O–H groups in total. The fourth-order valence-corrected chi connectivity index (χ4v) is 2.81. The summed E-state index contributed by atoms with van der Waals surface area (Å²) in [5.74, 6) is -0.409. The van der Waals surface area contributed by atoms with Crippen molar-refractivity contribution in [1.82, 2.24) is 10.6 Å². The van der Waals surface area contributed by atoms with E-state index in [1.807, 2.05) is 0 Å². The monoisotopic (exact) mass is 408 g/mol. The maximum Gasteiger partial charge on any atom is 0.338 e. The van der Waals surface area contributed by atoms with Gasteiger partial charge >= 0.3 is 18.0 Å². The van der Waals surface area contributed by atoms with Gasteiger partial charge in [0.1, 0.15) is 6.61 Å². The van der Waals surface area contributed by atoms with Crippen molar-refractivity contribution in [3.8, 4) is 17.2 Å². The highest BCUT2D eigenvalue weighted by molar-refractivity contribution is 5.95. The van der Waals surface area contributed by atoms with Gasteiger partial charge in [-0.25, -0.2) is 14.4 Å². The SMILES string of the molecule is CCOC(=O)C1=C(COC(=O)c2cc(OC)c(OC)c(OC)c2)NC(=O)NC1C. The number of benzene rings is 1. The largest absolute Gasteiger partial charge is 0.493 e. The molecule has 1 aliphatic rings. The molecule has 0 bridgehead atoms. The maximum absolute atomic E-state index is 12.5. The molecule has 1 aromatic carbocycles. The predicted molar refractivity (Wildman–Crippen MR) is 101 cm³/mol. The maximum atomic E-state index is 12.5. The van der Waals surface area contributed by atoms with Gasteiger partial charge in [-0.2, -0.15) is 0 Å². The van der Waals surface area contributed by atoms with E-state index in [2.05, 4.69) is 10.6 Å². The fourth-order valence-electron chi connectivity index (χ4n) is 2.81. The quantitative estimate of drug-likeness (QED) is 0.619. The molecule has 158 valence electrons. The Morgan fingerprint density at radius 1 is 1.00 bits per heavy atom. The van der Waals surface area contributed by atoms with Gasteiger partial charge in [0.05, 0.1) is 50.8 Å². The summed E-state index contributed by atoms with van der Waals surface area (Å²) in [5, 5.41) is 5.05. The van der Waals surface area contributed by atoms with Crippen molar-refractivity contribution in [2.45, 2.75) is 19.9 Å². The molecule has 2 amide bonds. The van der Waals surface area contributed by atoms with Gasteiger partial charge in [-0.05, 0) is 26.0 Å². The molecule has 0 fully saturated rings. The molecule has 0 saturated heterocycles. The first-order chi connectivity index (χ1) is 13.9. The highest BCUT2D eigenvalue weighted by Crippen LogP contribution is 2.38. The van der Waals surface area contributed by atoms with Crippen molar-refractivity contribution in [3.05, 3.63) is 29.0 Å². The summed E-state index contributed by atoms with van der Waals surface area (Å²) in [5.41, 5.74) is 0.482. The lowest BCUT2D eigenvalue weighted by atomic mass is 10.0. The van der Waals surface area contributed by atoms with Crippen LogP contribution < -0.4 is 24.8 Å². The number of ether oxygens (including phenoxy) is 5. The van der Waals surface area contributed by atoms with Crippen LogP contribution in [0.4, 0.5) is 4.79 Å². The van der Waals surface area contributed by atoms with Crippen molar-refractivity contribution in [3.63, 3.8) is 0 Å². The first-order valence-corrected chi connectivity index (χ1v) is 8.81.